The van der Waals surface area contributed by atoms with Crippen LogP contribution >= 0.6 is 11.3 Å². The van der Waals surface area contributed by atoms with Gasteiger partial charge in [0.05, 0.1) is 27.7 Å². The molecule has 0 atom stereocenters. The summed E-state index contributed by atoms with van der Waals surface area (Å²) in [5, 5.41) is 7.11. The van der Waals surface area contributed by atoms with Gasteiger partial charge in [-0.05, 0) is 59.7 Å². The van der Waals surface area contributed by atoms with Gasteiger partial charge < -0.3 is 8.98 Å². The molecular formula is C51H30N4OS. The van der Waals surface area contributed by atoms with Crippen molar-refractivity contribution in [3.8, 4) is 51.0 Å². The predicted molar refractivity (Wildman–Crippen MR) is 236 cm³/mol. The van der Waals surface area contributed by atoms with Gasteiger partial charge in [-0.15, -0.1) is 11.3 Å². The van der Waals surface area contributed by atoms with Crippen LogP contribution in [-0.2, 0) is 0 Å². The van der Waals surface area contributed by atoms with Crippen molar-refractivity contribution in [2.45, 2.75) is 0 Å². The fourth-order valence-electron chi connectivity index (χ4n) is 8.52. The van der Waals surface area contributed by atoms with Gasteiger partial charge in [0, 0.05) is 47.5 Å². The third-order valence-electron chi connectivity index (χ3n) is 11.1. The quantitative estimate of drug-likeness (QED) is 0.176. The van der Waals surface area contributed by atoms with Crippen molar-refractivity contribution in [2.75, 3.05) is 0 Å². The Morgan fingerprint density at radius 3 is 1.89 bits per heavy atom. The topological polar surface area (TPSA) is 56.7 Å². The van der Waals surface area contributed by atoms with Crippen LogP contribution in [-0.4, -0.2) is 19.5 Å². The number of thiophene rings is 1. The van der Waals surface area contributed by atoms with Gasteiger partial charge in [-0.1, -0.05) is 133 Å². The molecule has 0 saturated heterocycles. The first kappa shape index (κ1) is 31.9. The zero-order chi connectivity index (χ0) is 37.5. The second-order valence-electron chi connectivity index (χ2n) is 14.3. The molecule has 0 aliphatic heterocycles. The summed E-state index contributed by atoms with van der Waals surface area (Å²) >= 11 is 1.85. The Kier molecular flexibility index (Phi) is 7.03. The van der Waals surface area contributed by atoms with Gasteiger partial charge in [0.1, 0.15) is 11.2 Å². The molecule has 0 amide bonds. The van der Waals surface area contributed by atoms with Gasteiger partial charge in [-0.3, -0.25) is 0 Å². The van der Waals surface area contributed by atoms with Crippen LogP contribution in [0, 0.1) is 0 Å². The van der Waals surface area contributed by atoms with Gasteiger partial charge in [0.25, 0.3) is 0 Å². The zero-order valence-corrected chi connectivity index (χ0v) is 31.2. The van der Waals surface area contributed by atoms with Crippen LogP contribution in [0.25, 0.3) is 115 Å². The maximum absolute atomic E-state index is 6.87. The van der Waals surface area contributed by atoms with E-state index in [1.807, 2.05) is 59.9 Å². The number of para-hydroxylation sites is 2. The number of furan rings is 1. The molecule has 0 N–H and O–H groups in total. The lowest BCUT2D eigenvalue weighted by Crippen LogP contribution is -2.01. The lowest BCUT2D eigenvalue weighted by atomic mass is 10.0. The Hall–Kier alpha value is -7.41. The summed E-state index contributed by atoms with van der Waals surface area (Å²) in [5.74, 6) is 1.75. The molecule has 4 aromatic heterocycles. The van der Waals surface area contributed by atoms with Gasteiger partial charge in [-0.2, -0.15) is 0 Å². The lowest BCUT2D eigenvalue weighted by molar-refractivity contribution is 0.669. The molecule has 57 heavy (non-hydrogen) atoms. The van der Waals surface area contributed by atoms with Crippen LogP contribution in [0.4, 0.5) is 0 Å². The van der Waals surface area contributed by atoms with Crippen LogP contribution in [0.5, 0.6) is 0 Å². The van der Waals surface area contributed by atoms with Crippen molar-refractivity contribution in [3.05, 3.63) is 182 Å². The van der Waals surface area contributed by atoms with Crippen LogP contribution < -0.4 is 0 Å². The molecule has 0 spiro atoms. The normalized spacial score (nSPS) is 11.9. The highest BCUT2D eigenvalue weighted by molar-refractivity contribution is 7.26. The molecule has 0 aliphatic carbocycles. The number of rotatable bonds is 5. The third kappa shape index (κ3) is 4.98. The van der Waals surface area contributed by atoms with Crippen molar-refractivity contribution >= 4 is 75.3 Å². The fourth-order valence-corrected chi connectivity index (χ4v) is 9.63. The summed E-state index contributed by atoms with van der Waals surface area (Å²) in [6.07, 6.45) is 0. The second kappa shape index (κ2) is 12.6. The average Bonchev–Trinajstić information content (AvgIpc) is 3.97. The minimum Gasteiger partial charge on any atom is -0.455 e. The predicted octanol–water partition coefficient (Wildman–Crippen LogP) is 13.9. The number of fused-ring (bicyclic) bond motifs is 10. The zero-order valence-electron chi connectivity index (χ0n) is 30.4. The van der Waals surface area contributed by atoms with Gasteiger partial charge in [-0.25, -0.2) is 15.0 Å². The minimum absolute atomic E-state index is 0.549. The first-order valence-electron chi connectivity index (χ1n) is 19.0. The molecule has 0 bridgehead atoms. The lowest BCUT2D eigenvalue weighted by Gasteiger charge is -2.13. The highest BCUT2D eigenvalue weighted by Crippen LogP contribution is 2.46. The first-order valence-corrected chi connectivity index (χ1v) is 19.8. The van der Waals surface area contributed by atoms with Crippen molar-refractivity contribution in [3.63, 3.8) is 0 Å². The smallest absolute Gasteiger partial charge is 0.167 e. The fraction of sp³-hybridized carbons (Fsp3) is 0. The van der Waals surface area contributed by atoms with Crippen molar-refractivity contribution in [1.82, 2.24) is 19.5 Å². The van der Waals surface area contributed by atoms with E-state index >= 15 is 0 Å². The molecule has 0 fully saturated rings. The van der Waals surface area contributed by atoms with E-state index in [2.05, 4.69) is 138 Å². The molecule has 5 nitrogen and oxygen atoms in total. The van der Waals surface area contributed by atoms with Gasteiger partial charge >= 0.3 is 0 Å². The van der Waals surface area contributed by atoms with Crippen LogP contribution in [0.15, 0.2) is 186 Å². The Balaban J connectivity index is 1.13. The summed E-state index contributed by atoms with van der Waals surface area (Å²) < 4.78 is 11.9. The van der Waals surface area contributed by atoms with Crippen molar-refractivity contribution in [1.29, 1.82) is 0 Å². The maximum Gasteiger partial charge on any atom is 0.167 e. The van der Waals surface area contributed by atoms with Crippen molar-refractivity contribution < 1.29 is 4.42 Å². The molecule has 266 valence electrons. The van der Waals surface area contributed by atoms with E-state index in [-0.39, 0.29) is 0 Å². The summed E-state index contributed by atoms with van der Waals surface area (Å²) in [7, 11) is 0. The van der Waals surface area contributed by atoms with E-state index in [0.29, 0.717) is 17.5 Å². The first-order chi connectivity index (χ1) is 28.3. The monoisotopic (exact) mass is 746 g/mol. The highest BCUT2D eigenvalue weighted by Gasteiger charge is 2.24. The van der Waals surface area contributed by atoms with Gasteiger partial charge in [0.2, 0.25) is 0 Å². The van der Waals surface area contributed by atoms with E-state index in [4.69, 9.17) is 19.4 Å². The third-order valence-corrected chi connectivity index (χ3v) is 12.2. The number of nitrogens with zero attached hydrogens (tertiary/aromatic N) is 4. The molecule has 12 rings (SSSR count). The molecule has 4 heterocycles. The standard InChI is InChI=1S/C51H30N4OS/c1-3-14-31(15-4-1)33-18-13-19-34(30-33)50-52-49(32-16-5-2-6-17-32)53-51(54-50)38-26-27-41(46-36-21-8-11-24-42(36)56-48(38)46)55-39-23-10-7-20-35(39)45-40(55)28-29-44-47(45)37-22-9-12-25-43(37)57-44/h1-30H. The van der Waals surface area contributed by atoms with E-state index < -0.39 is 0 Å². The second-order valence-corrected chi connectivity index (χ2v) is 15.4. The highest BCUT2D eigenvalue weighted by atomic mass is 32.1. The molecule has 0 unspecified atom stereocenters. The van der Waals surface area contributed by atoms with E-state index in [1.165, 1.54) is 30.9 Å². The Morgan fingerprint density at radius 1 is 0.404 bits per heavy atom. The average molecular weight is 747 g/mol. The number of hydrogen-bond acceptors (Lipinski definition) is 5. The number of aromatic nitrogens is 4. The van der Waals surface area contributed by atoms with Crippen LogP contribution in [0.1, 0.15) is 0 Å². The summed E-state index contributed by atoms with van der Waals surface area (Å²) in [6, 6.07) is 63.6. The SMILES string of the molecule is c1ccc(-c2cccc(-c3nc(-c4ccccc4)nc(-c4ccc(-n5c6ccccc6c6c7c(ccc65)sc5ccccc57)c5c4oc4ccccc45)n3)c2)cc1. The van der Waals surface area contributed by atoms with Crippen molar-refractivity contribution in [2.24, 2.45) is 0 Å². The largest absolute Gasteiger partial charge is 0.455 e. The molecule has 0 radical (unpaired) electrons. The molecule has 8 aromatic carbocycles. The summed E-state index contributed by atoms with van der Waals surface area (Å²) in [4.78, 5) is 15.4. The number of hydrogen-bond donors (Lipinski definition) is 0. The van der Waals surface area contributed by atoms with Gasteiger partial charge in [0.15, 0.2) is 17.5 Å². The van der Waals surface area contributed by atoms with E-state index in [9.17, 15) is 0 Å². The maximum atomic E-state index is 6.87. The summed E-state index contributed by atoms with van der Waals surface area (Å²) in [6.45, 7) is 0. The molecule has 12 aromatic rings. The minimum atomic E-state index is 0.549. The molecule has 0 aliphatic rings. The Labute approximate surface area is 330 Å². The number of benzene rings is 8. The molecular weight excluding hydrogens is 717 g/mol. The van der Waals surface area contributed by atoms with Crippen LogP contribution in [0.3, 0.4) is 0 Å². The molecule has 6 heteroatoms. The summed E-state index contributed by atoms with van der Waals surface area (Å²) in [5.41, 5.74) is 9.73. The molecule has 0 saturated carbocycles. The Morgan fingerprint density at radius 2 is 1.05 bits per heavy atom. The van der Waals surface area contributed by atoms with E-state index in [1.54, 1.807) is 0 Å². The van der Waals surface area contributed by atoms with Crippen LogP contribution in [0.2, 0.25) is 0 Å². The Bertz CT molecular complexity index is 3530. The van der Waals surface area contributed by atoms with E-state index in [0.717, 1.165) is 66.5 Å².